The van der Waals surface area contributed by atoms with Gasteiger partial charge < -0.3 is 14.6 Å². The summed E-state index contributed by atoms with van der Waals surface area (Å²) in [6, 6.07) is 4.23. The Morgan fingerprint density at radius 3 is 2.95 bits per heavy atom. The van der Waals surface area contributed by atoms with E-state index in [1.54, 1.807) is 18.6 Å². The molecule has 0 bridgehead atoms. The van der Waals surface area contributed by atoms with Crippen molar-refractivity contribution in [1.82, 2.24) is 9.55 Å². The fourth-order valence-electron chi connectivity index (χ4n) is 1.65. The molecule has 1 aromatic heterocycles. The van der Waals surface area contributed by atoms with E-state index in [2.05, 4.69) is 15.0 Å². The molecule has 0 unspecified atom stereocenters. The first-order valence-electron chi connectivity index (χ1n) is 5.68. The molecular weight excluding hydrogens is 249 g/mol. The van der Waals surface area contributed by atoms with Crippen molar-refractivity contribution in [2.24, 2.45) is 7.05 Å². The molecule has 1 N–H and O–H groups in total. The number of anilines is 1. The van der Waals surface area contributed by atoms with Crippen LogP contribution in [-0.4, -0.2) is 22.6 Å². The molecule has 2 rings (SSSR count). The first-order chi connectivity index (χ1) is 9.11. The highest BCUT2D eigenvalue weighted by atomic mass is 19.1. The quantitative estimate of drug-likeness (QED) is 0.857. The van der Waals surface area contributed by atoms with Gasteiger partial charge in [0.1, 0.15) is 5.82 Å². The molecule has 0 radical (unpaired) electrons. The predicted octanol–water partition coefficient (Wildman–Crippen LogP) is 1.96. The lowest BCUT2D eigenvalue weighted by Crippen LogP contribution is -2.07. The van der Waals surface area contributed by atoms with Crippen LogP contribution in [0.5, 0.6) is 0 Å². The van der Waals surface area contributed by atoms with Gasteiger partial charge in [0.05, 0.1) is 31.2 Å². The van der Waals surface area contributed by atoms with E-state index in [9.17, 15) is 9.18 Å². The summed E-state index contributed by atoms with van der Waals surface area (Å²) in [5, 5.41) is 3.10. The summed E-state index contributed by atoms with van der Waals surface area (Å²) in [7, 11) is 3.10. The van der Waals surface area contributed by atoms with Crippen molar-refractivity contribution in [2.75, 3.05) is 12.4 Å². The topological polar surface area (TPSA) is 56.1 Å². The second-order valence-corrected chi connectivity index (χ2v) is 4.04. The number of carbonyl (C=O) groups is 1. The fourth-order valence-corrected chi connectivity index (χ4v) is 1.65. The van der Waals surface area contributed by atoms with Crippen molar-refractivity contribution in [3.05, 3.63) is 47.8 Å². The summed E-state index contributed by atoms with van der Waals surface area (Å²) in [4.78, 5) is 15.4. The number of hydrogen-bond acceptors (Lipinski definition) is 4. The maximum Gasteiger partial charge on any atom is 0.340 e. The molecule has 0 fully saturated rings. The van der Waals surface area contributed by atoms with Gasteiger partial charge in [-0.15, -0.1) is 0 Å². The number of hydrogen-bond donors (Lipinski definition) is 1. The summed E-state index contributed by atoms with van der Waals surface area (Å²) < 4.78 is 19.8. The maximum absolute atomic E-state index is 13.4. The van der Waals surface area contributed by atoms with Crippen molar-refractivity contribution in [3.8, 4) is 0 Å². The highest BCUT2D eigenvalue weighted by molar-refractivity contribution is 5.90. The first kappa shape index (κ1) is 13.1. The normalized spacial score (nSPS) is 10.3. The monoisotopic (exact) mass is 263 g/mol. The minimum Gasteiger partial charge on any atom is -0.465 e. The van der Waals surface area contributed by atoms with Crippen molar-refractivity contribution in [3.63, 3.8) is 0 Å². The van der Waals surface area contributed by atoms with E-state index >= 15 is 0 Å². The Morgan fingerprint density at radius 1 is 1.53 bits per heavy atom. The minimum atomic E-state index is -0.693. The number of benzene rings is 1. The highest BCUT2D eigenvalue weighted by Crippen LogP contribution is 2.16. The SMILES string of the molecule is COC(=O)c1cc(NCc2cncn2C)ccc1F. The third-order valence-electron chi connectivity index (χ3n) is 2.76. The van der Waals surface area contributed by atoms with Crippen LogP contribution in [0, 0.1) is 5.82 Å². The van der Waals surface area contributed by atoms with Crippen molar-refractivity contribution in [1.29, 1.82) is 0 Å². The molecule has 0 atom stereocenters. The van der Waals surface area contributed by atoms with Crippen LogP contribution in [-0.2, 0) is 18.3 Å². The molecule has 0 saturated carbocycles. The van der Waals surface area contributed by atoms with Crippen LogP contribution in [0.4, 0.5) is 10.1 Å². The number of aryl methyl sites for hydroxylation is 1. The van der Waals surface area contributed by atoms with E-state index < -0.39 is 11.8 Å². The van der Waals surface area contributed by atoms with Gasteiger partial charge in [-0.05, 0) is 18.2 Å². The van der Waals surface area contributed by atoms with Crippen LogP contribution in [0.2, 0.25) is 0 Å². The molecular formula is C13H14FN3O2. The lowest BCUT2D eigenvalue weighted by atomic mass is 10.2. The third-order valence-corrected chi connectivity index (χ3v) is 2.76. The van der Waals surface area contributed by atoms with Crippen LogP contribution in [0.1, 0.15) is 16.1 Å². The summed E-state index contributed by atoms with van der Waals surface area (Å²) in [5.41, 5.74) is 1.53. The molecule has 2 aromatic rings. The molecule has 19 heavy (non-hydrogen) atoms. The third kappa shape index (κ3) is 2.90. The molecule has 0 aliphatic heterocycles. The van der Waals surface area contributed by atoms with Gasteiger partial charge in [0, 0.05) is 18.9 Å². The number of methoxy groups -OCH3 is 1. The largest absolute Gasteiger partial charge is 0.465 e. The van der Waals surface area contributed by atoms with E-state index in [1.165, 1.54) is 19.2 Å². The van der Waals surface area contributed by atoms with Crippen molar-refractivity contribution < 1.29 is 13.9 Å². The van der Waals surface area contributed by atoms with Gasteiger partial charge in [-0.1, -0.05) is 0 Å². The summed E-state index contributed by atoms with van der Waals surface area (Å²) in [5.74, 6) is -1.29. The number of carbonyl (C=O) groups excluding carboxylic acids is 1. The smallest absolute Gasteiger partial charge is 0.340 e. The Labute approximate surface area is 110 Å². The van der Waals surface area contributed by atoms with Gasteiger partial charge in [0.25, 0.3) is 0 Å². The number of aromatic nitrogens is 2. The number of halogens is 1. The van der Waals surface area contributed by atoms with Crippen LogP contribution >= 0.6 is 0 Å². The standard InChI is InChI=1S/C13H14FN3O2/c1-17-8-15-6-10(17)7-16-9-3-4-12(14)11(5-9)13(18)19-2/h3-6,8,16H,7H2,1-2H3. The van der Waals surface area contributed by atoms with Gasteiger partial charge in [0.2, 0.25) is 0 Å². The zero-order chi connectivity index (χ0) is 13.8. The van der Waals surface area contributed by atoms with Crippen LogP contribution in [0.25, 0.3) is 0 Å². The maximum atomic E-state index is 13.4. The summed E-state index contributed by atoms with van der Waals surface area (Å²) >= 11 is 0. The number of nitrogens with one attached hydrogen (secondary N) is 1. The van der Waals surface area contributed by atoms with E-state index in [-0.39, 0.29) is 5.56 Å². The van der Waals surface area contributed by atoms with Crippen LogP contribution in [0.15, 0.2) is 30.7 Å². The molecule has 1 aromatic carbocycles. The van der Waals surface area contributed by atoms with Crippen molar-refractivity contribution in [2.45, 2.75) is 6.54 Å². The van der Waals surface area contributed by atoms with E-state index in [1.807, 2.05) is 11.6 Å². The predicted molar refractivity (Wildman–Crippen MR) is 68.3 cm³/mol. The van der Waals surface area contributed by atoms with E-state index in [0.29, 0.717) is 12.2 Å². The number of esters is 1. The number of nitrogens with zero attached hydrogens (tertiary/aromatic N) is 2. The number of imidazole rings is 1. The average Bonchev–Trinajstić information content (AvgIpc) is 2.82. The molecule has 0 aliphatic rings. The second-order valence-electron chi connectivity index (χ2n) is 4.04. The van der Waals surface area contributed by atoms with Gasteiger partial charge in [-0.3, -0.25) is 0 Å². The van der Waals surface area contributed by atoms with Gasteiger partial charge in [0.15, 0.2) is 0 Å². The van der Waals surface area contributed by atoms with E-state index in [4.69, 9.17) is 0 Å². The fraction of sp³-hybridized carbons (Fsp3) is 0.231. The van der Waals surface area contributed by atoms with E-state index in [0.717, 1.165) is 5.69 Å². The molecule has 0 saturated heterocycles. The zero-order valence-corrected chi connectivity index (χ0v) is 10.7. The molecule has 0 aliphatic carbocycles. The molecule has 5 nitrogen and oxygen atoms in total. The second kappa shape index (κ2) is 5.51. The molecule has 1 heterocycles. The zero-order valence-electron chi connectivity index (χ0n) is 10.7. The Morgan fingerprint density at radius 2 is 2.32 bits per heavy atom. The Kier molecular flexibility index (Phi) is 3.79. The Bertz CT molecular complexity index is 595. The number of rotatable bonds is 4. The Balaban J connectivity index is 2.13. The highest BCUT2D eigenvalue weighted by Gasteiger charge is 2.12. The summed E-state index contributed by atoms with van der Waals surface area (Å²) in [6.45, 7) is 0.531. The van der Waals surface area contributed by atoms with Crippen molar-refractivity contribution >= 4 is 11.7 Å². The Hall–Kier alpha value is -2.37. The average molecular weight is 263 g/mol. The molecule has 0 amide bonds. The lowest BCUT2D eigenvalue weighted by Gasteiger charge is -2.08. The van der Waals surface area contributed by atoms with Gasteiger partial charge >= 0.3 is 5.97 Å². The number of ether oxygens (including phenoxy) is 1. The molecule has 100 valence electrons. The molecule has 6 heteroatoms. The van der Waals surface area contributed by atoms with Gasteiger partial charge in [-0.25, -0.2) is 14.2 Å². The summed E-state index contributed by atoms with van der Waals surface area (Å²) in [6.07, 6.45) is 3.43. The minimum absolute atomic E-state index is 0.0856. The first-order valence-corrected chi connectivity index (χ1v) is 5.68. The lowest BCUT2D eigenvalue weighted by molar-refractivity contribution is 0.0595. The molecule has 0 spiro atoms. The van der Waals surface area contributed by atoms with Crippen LogP contribution < -0.4 is 5.32 Å². The van der Waals surface area contributed by atoms with Gasteiger partial charge in [-0.2, -0.15) is 0 Å². The van der Waals surface area contributed by atoms with Crippen LogP contribution in [0.3, 0.4) is 0 Å².